The number of piperidine rings is 1. The Morgan fingerprint density at radius 2 is 2.03 bits per heavy atom. The van der Waals surface area contributed by atoms with Gasteiger partial charge in [-0.3, -0.25) is 0 Å². The van der Waals surface area contributed by atoms with E-state index in [1.165, 1.54) is 6.42 Å². The van der Waals surface area contributed by atoms with Crippen LogP contribution in [0, 0.1) is 24.7 Å². The highest BCUT2D eigenvalue weighted by atomic mass is 16.5. The summed E-state index contributed by atoms with van der Waals surface area (Å²) in [5, 5.41) is 7.79. The van der Waals surface area contributed by atoms with Crippen LogP contribution in [0.15, 0.2) is 67.1 Å². The fourth-order valence-corrected chi connectivity index (χ4v) is 3.89. The highest BCUT2D eigenvalue weighted by Gasteiger charge is 2.10. The van der Waals surface area contributed by atoms with E-state index in [1.54, 1.807) is 12.5 Å². The number of benzene rings is 2. The van der Waals surface area contributed by atoms with Crippen LogP contribution in [-0.4, -0.2) is 28.0 Å². The molecule has 0 saturated carbocycles. The van der Waals surface area contributed by atoms with Crippen LogP contribution in [0.1, 0.15) is 24.0 Å². The number of pyridine rings is 1. The standard InChI is InChI=1S/C27H25N5O/c1-19-15-22(10-12-25(19)33-26-6-2-3-14-29-26)32-27-23-16-20(9-11-24(23)30-18-31-27)7-8-21-5-4-13-28-17-21/h2-3,6,9-12,14-16,18,21,28H,4-5,13,17H2,1H3,(H,30,31,32). The van der Waals surface area contributed by atoms with Gasteiger partial charge in [-0.25, -0.2) is 15.0 Å². The zero-order chi connectivity index (χ0) is 22.5. The van der Waals surface area contributed by atoms with Crippen molar-refractivity contribution in [3.8, 4) is 23.5 Å². The molecule has 4 aromatic rings. The minimum atomic E-state index is 0.411. The van der Waals surface area contributed by atoms with E-state index in [9.17, 15) is 0 Å². The van der Waals surface area contributed by atoms with Gasteiger partial charge in [-0.15, -0.1) is 0 Å². The Balaban J connectivity index is 1.38. The number of hydrogen-bond donors (Lipinski definition) is 2. The summed E-state index contributed by atoms with van der Waals surface area (Å²) in [6.07, 6.45) is 5.63. The van der Waals surface area contributed by atoms with Gasteiger partial charge in [0.25, 0.3) is 0 Å². The van der Waals surface area contributed by atoms with Crippen LogP contribution in [0.3, 0.4) is 0 Å². The number of nitrogens with zero attached hydrogens (tertiary/aromatic N) is 3. The molecule has 0 aliphatic carbocycles. The molecule has 1 fully saturated rings. The predicted octanol–water partition coefficient (Wildman–Crippen LogP) is 5.22. The number of rotatable bonds is 4. The molecule has 0 spiro atoms. The molecule has 164 valence electrons. The van der Waals surface area contributed by atoms with Gasteiger partial charge in [0, 0.05) is 41.4 Å². The SMILES string of the molecule is Cc1cc(Nc2ncnc3ccc(C#CC4CCCNC4)cc23)ccc1Oc1ccccn1. The number of ether oxygens (including phenoxy) is 1. The Labute approximate surface area is 193 Å². The molecule has 0 radical (unpaired) electrons. The molecule has 2 aromatic heterocycles. The van der Waals surface area contributed by atoms with E-state index in [4.69, 9.17) is 4.74 Å². The summed E-state index contributed by atoms with van der Waals surface area (Å²) >= 11 is 0. The fraction of sp³-hybridized carbons (Fsp3) is 0.222. The van der Waals surface area contributed by atoms with Gasteiger partial charge in [0.05, 0.1) is 5.52 Å². The maximum atomic E-state index is 5.89. The quantitative estimate of drug-likeness (QED) is 0.428. The van der Waals surface area contributed by atoms with Crippen LogP contribution in [-0.2, 0) is 0 Å². The zero-order valence-corrected chi connectivity index (χ0v) is 18.5. The molecule has 1 saturated heterocycles. The molecule has 2 N–H and O–H groups in total. The number of nitrogens with one attached hydrogen (secondary N) is 2. The van der Waals surface area contributed by atoms with Gasteiger partial charge < -0.3 is 15.4 Å². The molecule has 0 amide bonds. The molecule has 1 aliphatic heterocycles. The molecular weight excluding hydrogens is 410 g/mol. The first-order valence-electron chi connectivity index (χ1n) is 11.2. The van der Waals surface area contributed by atoms with Gasteiger partial charge in [0.15, 0.2) is 0 Å². The van der Waals surface area contributed by atoms with Gasteiger partial charge >= 0.3 is 0 Å². The monoisotopic (exact) mass is 435 g/mol. The minimum absolute atomic E-state index is 0.411. The lowest BCUT2D eigenvalue weighted by atomic mass is 10.00. The lowest BCUT2D eigenvalue weighted by Gasteiger charge is -2.17. The van der Waals surface area contributed by atoms with Gasteiger partial charge in [0.2, 0.25) is 5.88 Å². The van der Waals surface area contributed by atoms with Crippen LogP contribution in [0.2, 0.25) is 0 Å². The van der Waals surface area contributed by atoms with Crippen LogP contribution in [0.5, 0.6) is 11.6 Å². The molecular formula is C27H25N5O. The first-order valence-corrected chi connectivity index (χ1v) is 11.2. The van der Waals surface area contributed by atoms with E-state index in [0.29, 0.717) is 11.8 Å². The number of hydrogen-bond acceptors (Lipinski definition) is 6. The second-order valence-corrected chi connectivity index (χ2v) is 8.14. The average molecular weight is 436 g/mol. The topological polar surface area (TPSA) is 72.0 Å². The third-order valence-electron chi connectivity index (χ3n) is 5.64. The molecule has 1 unspecified atom stereocenters. The summed E-state index contributed by atoms with van der Waals surface area (Å²) in [6, 6.07) is 17.6. The molecule has 0 bridgehead atoms. The van der Waals surface area contributed by atoms with Crippen molar-refractivity contribution in [2.45, 2.75) is 19.8 Å². The molecule has 6 heteroatoms. The molecule has 2 aromatic carbocycles. The van der Waals surface area contributed by atoms with Crippen molar-refractivity contribution in [1.29, 1.82) is 0 Å². The van der Waals surface area contributed by atoms with E-state index in [2.05, 4.69) is 43.5 Å². The van der Waals surface area contributed by atoms with Crippen molar-refractivity contribution in [2.75, 3.05) is 18.4 Å². The van der Waals surface area contributed by atoms with Crippen molar-refractivity contribution >= 4 is 22.4 Å². The van der Waals surface area contributed by atoms with E-state index in [1.807, 2.05) is 55.5 Å². The van der Waals surface area contributed by atoms with Crippen LogP contribution in [0.4, 0.5) is 11.5 Å². The Kier molecular flexibility index (Phi) is 6.14. The predicted molar refractivity (Wildman–Crippen MR) is 131 cm³/mol. The summed E-state index contributed by atoms with van der Waals surface area (Å²) in [7, 11) is 0. The summed E-state index contributed by atoms with van der Waals surface area (Å²) in [5.74, 6) is 9.25. The average Bonchev–Trinajstić information content (AvgIpc) is 2.86. The van der Waals surface area contributed by atoms with E-state index in [0.717, 1.165) is 58.8 Å². The first-order chi connectivity index (χ1) is 16.2. The number of anilines is 2. The summed E-state index contributed by atoms with van der Waals surface area (Å²) in [6.45, 7) is 4.07. The normalized spacial score (nSPS) is 15.5. The maximum absolute atomic E-state index is 5.89. The molecule has 1 aliphatic rings. The second-order valence-electron chi connectivity index (χ2n) is 8.14. The minimum Gasteiger partial charge on any atom is -0.439 e. The molecule has 33 heavy (non-hydrogen) atoms. The first kappa shape index (κ1) is 20.9. The van der Waals surface area contributed by atoms with Crippen LogP contribution < -0.4 is 15.4 Å². The van der Waals surface area contributed by atoms with Crippen molar-refractivity contribution in [3.63, 3.8) is 0 Å². The Morgan fingerprint density at radius 1 is 1.06 bits per heavy atom. The van der Waals surface area contributed by atoms with Crippen LogP contribution >= 0.6 is 0 Å². The van der Waals surface area contributed by atoms with Crippen molar-refractivity contribution in [2.24, 2.45) is 5.92 Å². The van der Waals surface area contributed by atoms with Gasteiger partial charge in [-0.1, -0.05) is 17.9 Å². The molecule has 5 rings (SSSR count). The van der Waals surface area contributed by atoms with Crippen LogP contribution in [0.25, 0.3) is 10.9 Å². The highest BCUT2D eigenvalue weighted by Crippen LogP contribution is 2.29. The molecule has 6 nitrogen and oxygen atoms in total. The Morgan fingerprint density at radius 3 is 2.85 bits per heavy atom. The fourth-order valence-electron chi connectivity index (χ4n) is 3.89. The summed E-state index contributed by atoms with van der Waals surface area (Å²) < 4.78 is 5.89. The van der Waals surface area contributed by atoms with E-state index in [-0.39, 0.29) is 0 Å². The lowest BCUT2D eigenvalue weighted by molar-refractivity contribution is 0.449. The van der Waals surface area contributed by atoms with Crippen molar-refractivity contribution in [1.82, 2.24) is 20.3 Å². The third kappa shape index (κ3) is 5.11. The van der Waals surface area contributed by atoms with Crippen molar-refractivity contribution < 1.29 is 4.74 Å². The van der Waals surface area contributed by atoms with Gasteiger partial charge in [0.1, 0.15) is 17.9 Å². The number of aromatic nitrogens is 3. The largest absolute Gasteiger partial charge is 0.439 e. The summed E-state index contributed by atoms with van der Waals surface area (Å²) in [5.41, 5.74) is 3.77. The molecule has 1 atom stereocenters. The lowest BCUT2D eigenvalue weighted by Crippen LogP contribution is -2.28. The van der Waals surface area contributed by atoms with E-state index < -0.39 is 0 Å². The number of fused-ring (bicyclic) bond motifs is 1. The molecule has 3 heterocycles. The maximum Gasteiger partial charge on any atom is 0.219 e. The summed E-state index contributed by atoms with van der Waals surface area (Å²) in [4.78, 5) is 13.1. The van der Waals surface area contributed by atoms with Gasteiger partial charge in [-0.2, -0.15) is 0 Å². The third-order valence-corrected chi connectivity index (χ3v) is 5.64. The second kappa shape index (κ2) is 9.68. The van der Waals surface area contributed by atoms with Crippen molar-refractivity contribution in [3.05, 3.63) is 78.2 Å². The van der Waals surface area contributed by atoms with E-state index >= 15 is 0 Å². The highest BCUT2D eigenvalue weighted by molar-refractivity contribution is 5.91. The smallest absolute Gasteiger partial charge is 0.219 e. The zero-order valence-electron chi connectivity index (χ0n) is 18.5. The van der Waals surface area contributed by atoms with Gasteiger partial charge in [-0.05, 0) is 74.3 Å². The number of aryl methyl sites for hydroxylation is 1. The Hall–Kier alpha value is -3.95. The Bertz CT molecular complexity index is 1320.